The summed E-state index contributed by atoms with van der Waals surface area (Å²) < 4.78 is 5.15. The molecule has 1 amide bonds. The number of rotatable bonds is 6. The van der Waals surface area contributed by atoms with E-state index in [1.54, 1.807) is 13.2 Å². The maximum absolute atomic E-state index is 12.3. The minimum atomic E-state index is -0.165. The lowest BCUT2D eigenvalue weighted by Crippen LogP contribution is -2.26. The zero-order valence-electron chi connectivity index (χ0n) is 12.0. The Labute approximate surface area is 130 Å². The first-order valence-corrected chi connectivity index (χ1v) is 7.46. The molecule has 110 valence electrons. The van der Waals surface area contributed by atoms with Gasteiger partial charge in [0.1, 0.15) is 5.75 Å². The van der Waals surface area contributed by atoms with Crippen molar-refractivity contribution in [2.75, 3.05) is 18.2 Å². The number of amides is 1. The highest BCUT2D eigenvalue weighted by Crippen LogP contribution is 2.19. The van der Waals surface area contributed by atoms with Crippen LogP contribution in [0.4, 0.5) is 5.69 Å². The third-order valence-electron chi connectivity index (χ3n) is 3.25. The number of hydrogen-bond donors (Lipinski definition) is 2. The van der Waals surface area contributed by atoms with Crippen LogP contribution in [-0.4, -0.2) is 18.8 Å². The van der Waals surface area contributed by atoms with E-state index in [9.17, 15) is 4.79 Å². The van der Waals surface area contributed by atoms with Crippen LogP contribution in [0.3, 0.4) is 0 Å². The number of anilines is 1. The lowest BCUT2D eigenvalue weighted by molar-refractivity contribution is -0.119. The molecule has 0 radical (unpaired) electrons. The molecule has 0 saturated carbocycles. The molecule has 4 heteroatoms. The fourth-order valence-electron chi connectivity index (χ4n) is 2.08. The molecular formula is C17H19NO2S. The Morgan fingerprint density at radius 1 is 1.19 bits per heavy atom. The van der Waals surface area contributed by atoms with Gasteiger partial charge in [-0.1, -0.05) is 36.4 Å². The summed E-state index contributed by atoms with van der Waals surface area (Å²) >= 11 is 4.30. The molecule has 0 heterocycles. The molecule has 1 atom stereocenters. The predicted molar refractivity (Wildman–Crippen MR) is 89.1 cm³/mol. The number of methoxy groups -OCH3 is 1. The van der Waals surface area contributed by atoms with Gasteiger partial charge in [0.2, 0.25) is 5.91 Å². The van der Waals surface area contributed by atoms with Gasteiger partial charge in [-0.15, -0.1) is 0 Å². The zero-order valence-corrected chi connectivity index (χ0v) is 12.8. The molecule has 2 aromatic carbocycles. The van der Waals surface area contributed by atoms with Crippen molar-refractivity contribution in [1.82, 2.24) is 0 Å². The third-order valence-corrected chi connectivity index (χ3v) is 3.69. The molecule has 0 spiro atoms. The topological polar surface area (TPSA) is 38.3 Å². The van der Waals surface area contributed by atoms with E-state index in [4.69, 9.17) is 4.74 Å². The lowest BCUT2D eigenvalue weighted by Gasteiger charge is -2.15. The SMILES string of the molecule is COc1cccc(NC(=O)C(CS)Cc2ccccc2)c1. The Kier molecular flexibility index (Phi) is 5.69. The monoisotopic (exact) mass is 301 g/mol. The van der Waals surface area contributed by atoms with Crippen molar-refractivity contribution in [3.63, 3.8) is 0 Å². The summed E-state index contributed by atoms with van der Waals surface area (Å²) in [6, 6.07) is 17.3. The molecule has 0 aliphatic heterocycles. The predicted octanol–water partition coefficient (Wildman–Crippen LogP) is 3.42. The largest absolute Gasteiger partial charge is 0.497 e. The van der Waals surface area contributed by atoms with Gasteiger partial charge >= 0.3 is 0 Å². The highest BCUT2D eigenvalue weighted by atomic mass is 32.1. The minimum absolute atomic E-state index is 0.0258. The molecule has 1 unspecified atom stereocenters. The summed E-state index contributed by atoms with van der Waals surface area (Å²) in [5.74, 6) is 1.03. The number of thiol groups is 1. The highest BCUT2D eigenvalue weighted by Gasteiger charge is 2.17. The van der Waals surface area contributed by atoms with E-state index in [1.165, 1.54) is 0 Å². The minimum Gasteiger partial charge on any atom is -0.497 e. The second-order valence-corrected chi connectivity index (χ2v) is 5.16. The summed E-state index contributed by atoms with van der Waals surface area (Å²) in [6.45, 7) is 0. The van der Waals surface area contributed by atoms with Gasteiger partial charge in [-0.2, -0.15) is 12.6 Å². The number of benzene rings is 2. The molecule has 2 aromatic rings. The zero-order chi connectivity index (χ0) is 15.1. The van der Waals surface area contributed by atoms with E-state index in [0.29, 0.717) is 12.2 Å². The van der Waals surface area contributed by atoms with Crippen molar-refractivity contribution in [2.24, 2.45) is 5.92 Å². The molecule has 0 fully saturated rings. The van der Waals surface area contributed by atoms with Crippen molar-refractivity contribution in [3.05, 3.63) is 60.2 Å². The van der Waals surface area contributed by atoms with Crippen molar-refractivity contribution in [3.8, 4) is 5.75 Å². The van der Waals surface area contributed by atoms with Crippen LogP contribution in [0.15, 0.2) is 54.6 Å². The van der Waals surface area contributed by atoms with Crippen LogP contribution in [-0.2, 0) is 11.2 Å². The van der Waals surface area contributed by atoms with Crippen molar-refractivity contribution < 1.29 is 9.53 Å². The first-order valence-electron chi connectivity index (χ1n) is 6.82. The fraction of sp³-hybridized carbons (Fsp3) is 0.235. The summed E-state index contributed by atoms with van der Waals surface area (Å²) in [6.07, 6.45) is 0.681. The van der Waals surface area contributed by atoms with E-state index in [-0.39, 0.29) is 11.8 Å². The molecule has 2 rings (SSSR count). The average Bonchev–Trinajstić information content (AvgIpc) is 2.53. The number of hydrogen-bond acceptors (Lipinski definition) is 3. The van der Waals surface area contributed by atoms with Gasteiger partial charge in [0.05, 0.1) is 13.0 Å². The lowest BCUT2D eigenvalue weighted by atomic mass is 10.00. The Morgan fingerprint density at radius 2 is 1.95 bits per heavy atom. The van der Waals surface area contributed by atoms with Gasteiger partial charge in [-0.25, -0.2) is 0 Å². The van der Waals surface area contributed by atoms with Gasteiger partial charge in [0.25, 0.3) is 0 Å². The molecule has 1 N–H and O–H groups in total. The van der Waals surface area contributed by atoms with Crippen LogP contribution in [0.5, 0.6) is 5.75 Å². The molecular weight excluding hydrogens is 282 g/mol. The molecule has 0 aliphatic rings. The molecule has 3 nitrogen and oxygen atoms in total. The van der Waals surface area contributed by atoms with Crippen LogP contribution < -0.4 is 10.1 Å². The number of ether oxygens (including phenoxy) is 1. The third kappa shape index (κ3) is 4.53. The van der Waals surface area contributed by atoms with Gasteiger partial charge in [-0.3, -0.25) is 4.79 Å². The van der Waals surface area contributed by atoms with Crippen LogP contribution in [0.2, 0.25) is 0 Å². The number of carbonyl (C=O) groups is 1. The van der Waals surface area contributed by atoms with E-state index < -0.39 is 0 Å². The van der Waals surface area contributed by atoms with Crippen LogP contribution in [0.1, 0.15) is 5.56 Å². The summed E-state index contributed by atoms with van der Waals surface area (Å²) in [5.41, 5.74) is 1.87. The van der Waals surface area contributed by atoms with Crippen molar-refractivity contribution in [2.45, 2.75) is 6.42 Å². The van der Waals surface area contributed by atoms with E-state index in [1.807, 2.05) is 48.5 Å². The van der Waals surface area contributed by atoms with Gasteiger partial charge in [0, 0.05) is 17.5 Å². The Bertz CT molecular complexity index is 586. The fourth-order valence-corrected chi connectivity index (χ4v) is 2.38. The number of nitrogens with one attached hydrogen (secondary N) is 1. The van der Waals surface area contributed by atoms with E-state index >= 15 is 0 Å². The summed E-state index contributed by atoms with van der Waals surface area (Å²) in [4.78, 5) is 12.3. The van der Waals surface area contributed by atoms with Crippen LogP contribution >= 0.6 is 12.6 Å². The maximum Gasteiger partial charge on any atom is 0.228 e. The normalized spacial score (nSPS) is 11.7. The van der Waals surface area contributed by atoms with Crippen LogP contribution in [0.25, 0.3) is 0 Å². The standard InChI is InChI=1S/C17H19NO2S/c1-20-16-9-5-8-15(11-16)18-17(19)14(12-21)10-13-6-3-2-4-7-13/h2-9,11,14,21H,10,12H2,1H3,(H,18,19). The molecule has 0 saturated heterocycles. The molecule has 0 bridgehead atoms. The molecule has 21 heavy (non-hydrogen) atoms. The Balaban J connectivity index is 2.02. The van der Waals surface area contributed by atoms with Gasteiger partial charge in [-0.05, 0) is 24.1 Å². The summed E-state index contributed by atoms with van der Waals surface area (Å²) in [7, 11) is 1.60. The smallest absolute Gasteiger partial charge is 0.228 e. The Morgan fingerprint density at radius 3 is 2.62 bits per heavy atom. The second kappa shape index (κ2) is 7.74. The maximum atomic E-state index is 12.3. The van der Waals surface area contributed by atoms with E-state index in [2.05, 4.69) is 17.9 Å². The highest BCUT2D eigenvalue weighted by molar-refractivity contribution is 7.80. The van der Waals surface area contributed by atoms with Crippen LogP contribution in [0, 0.1) is 5.92 Å². The first-order chi connectivity index (χ1) is 10.2. The molecule has 0 aliphatic carbocycles. The van der Waals surface area contributed by atoms with E-state index in [0.717, 1.165) is 17.0 Å². The van der Waals surface area contributed by atoms with Gasteiger partial charge in [0.15, 0.2) is 0 Å². The Hall–Kier alpha value is -1.94. The molecule has 0 aromatic heterocycles. The number of carbonyl (C=O) groups excluding carboxylic acids is 1. The first kappa shape index (κ1) is 15.4. The quantitative estimate of drug-likeness (QED) is 0.802. The average molecular weight is 301 g/mol. The van der Waals surface area contributed by atoms with Gasteiger partial charge < -0.3 is 10.1 Å². The van der Waals surface area contributed by atoms with Crippen molar-refractivity contribution in [1.29, 1.82) is 0 Å². The van der Waals surface area contributed by atoms with Crippen molar-refractivity contribution >= 4 is 24.2 Å². The summed E-state index contributed by atoms with van der Waals surface area (Å²) in [5, 5.41) is 2.92. The second-order valence-electron chi connectivity index (χ2n) is 4.79.